The van der Waals surface area contributed by atoms with Gasteiger partial charge >= 0.3 is 0 Å². The molecule has 0 radical (unpaired) electrons. The van der Waals surface area contributed by atoms with Gasteiger partial charge in [0.15, 0.2) is 4.34 Å². The van der Waals surface area contributed by atoms with E-state index >= 15 is 0 Å². The van der Waals surface area contributed by atoms with Crippen LogP contribution >= 0.6 is 34.9 Å². The summed E-state index contributed by atoms with van der Waals surface area (Å²) >= 11 is 4.24. The van der Waals surface area contributed by atoms with Crippen LogP contribution in [0.3, 0.4) is 0 Å². The second-order valence-corrected chi connectivity index (χ2v) is 9.52. The predicted octanol–water partition coefficient (Wildman–Crippen LogP) is 5.09. The maximum absolute atomic E-state index is 12.8. The Hall–Kier alpha value is -2.41. The minimum Gasteiger partial charge on any atom is -0.300 e. The van der Waals surface area contributed by atoms with Crippen LogP contribution in [0.4, 0.5) is 5.13 Å². The summed E-state index contributed by atoms with van der Waals surface area (Å²) in [6.45, 7) is 3.97. The number of nitriles is 1. The molecule has 9 heteroatoms. The molecule has 0 fully saturated rings. The van der Waals surface area contributed by atoms with Crippen molar-refractivity contribution >= 4 is 45.9 Å². The van der Waals surface area contributed by atoms with Gasteiger partial charge in [-0.2, -0.15) is 5.26 Å². The maximum Gasteiger partial charge on any atom is 0.239 e. The molecule has 0 spiro atoms. The first kappa shape index (κ1) is 21.3. The molecule has 2 heterocycles. The van der Waals surface area contributed by atoms with Crippen LogP contribution in [0.15, 0.2) is 51.8 Å². The van der Waals surface area contributed by atoms with Crippen molar-refractivity contribution in [2.45, 2.75) is 34.9 Å². The second-order valence-electron chi connectivity index (χ2n) is 5.84. The fraction of sp³-hybridized carbons (Fsp3) is 0.250. The first-order chi connectivity index (χ1) is 14.1. The molecule has 1 aromatic carbocycles. The zero-order valence-electron chi connectivity index (χ0n) is 16.0. The lowest BCUT2D eigenvalue weighted by molar-refractivity contribution is -0.115. The number of aromatic nitrogens is 3. The first-order valence-corrected chi connectivity index (χ1v) is 11.7. The number of thioether (sulfide) groups is 2. The van der Waals surface area contributed by atoms with Gasteiger partial charge in [-0.3, -0.25) is 10.1 Å². The van der Waals surface area contributed by atoms with Crippen LogP contribution in [0.25, 0.3) is 11.3 Å². The van der Waals surface area contributed by atoms with Gasteiger partial charge in [-0.25, -0.2) is 4.98 Å². The van der Waals surface area contributed by atoms with E-state index in [1.54, 1.807) is 17.8 Å². The Bertz CT molecular complexity index is 1020. The fourth-order valence-electron chi connectivity index (χ4n) is 2.47. The molecule has 3 aromatic rings. The Labute approximate surface area is 182 Å². The van der Waals surface area contributed by atoms with Gasteiger partial charge < -0.3 is 0 Å². The molecule has 1 unspecified atom stereocenters. The molecule has 1 atom stereocenters. The van der Waals surface area contributed by atoms with Crippen LogP contribution in [0.1, 0.15) is 25.8 Å². The van der Waals surface area contributed by atoms with E-state index in [4.69, 9.17) is 0 Å². The van der Waals surface area contributed by atoms with Crippen LogP contribution in [-0.4, -0.2) is 32.1 Å². The van der Waals surface area contributed by atoms with Crippen molar-refractivity contribution < 1.29 is 4.79 Å². The Balaban J connectivity index is 1.78. The van der Waals surface area contributed by atoms with Gasteiger partial charge in [0.05, 0.1) is 16.5 Å². The van der Waals surface area contributed by atoms with Gasteiger partial charge in [-0.15, -0.1) is 10.2 Å². The molecule has 0 aliphatic carbocycles. The Kier molecular flexibility index (Phi) is 7.63. The molecule has 6 nitrogen and oxygen atoms in total. The number of pyridine rings is 1. The average molecular weight is 442 g/mol. The quantitative estimate of drug-likeness (QED) is 0.384. The highest BCUT2D eigenvalue weighted by molar-refractivity contribution is 8.01. The van der Waals surface area contributed by atoms with E-state index in [0.717, 1.165) is 21.3 Å². The molecule has 0 aliphatic heterocycles. The zero-order valence-corrected chi connectivity index (χ0v) is 18.4. The number of nitrogens with zero attached hydrogens (tertiary/aromatic N) is 4. The number of amides is 1. The lowest BCUT2D eigenvalue weighted by atomic mass is 10.1. The third-order valence-corrected chi connectivity index (χ3v) is 7.09. The number of carbonyl (C=O) groups is 1. The number of hydrogen-bond donors (Lipinski definition) is 1. The van der Waals surface area contributed by atoms with Crippen molar-refractivity contribution in [1.29, 1.82) is 5.26 Å². The Morgan fingerprint density at radius 2 is 2.00 bits per heavy atom. The number of benzene rings is 1. The van der Waals surface area contributed by atoms with Gasteiger partial charge in [0.25, 0.3) is 0 Å². The van der Waals surface area contributed by atoms with Gasteiger partial charge in [-0.05, 0) is 24.3 Å². The van der Waals surface area contributed by atoms with E-state index in [1.807, 2.05) is 50.2 Å². The average Bonchev–Trinajstić information content (AvgIpc) is 3.19. The number of rotatable bonds is 8. The van der Waals surface area contributed by atoms with Crippen molar-refractivity contribution in [3.63, 3.8) is 0 Å². The Morgan fingerprint density at radius 1 is 1.21 bits per heavy atom. The van der Waals surface area contributed by atoms with E-state index in [1.165, 1.54) is 23.1 Å². The molecule has 0 saturated heterocycles. The molecule has 0 aliphatic rings. The molecule has 29 heavy (non-hydrogen) atoms. The highest BCUT2D eigenvalue weighted by Gasteiger charge is 2.22. The molecule has 148 valence electrons. The summed E-state index contributed by atoms with van der Waals surface area (Å²) < 4.78 is 0.826. The minimum absolute atomic E-state index is 0.169. The summed E-state index contributed by atoms with van der Waals surface area (Å²) in [5, 5.41) is 21.0. The molecule has 0 bridgehead atoms. The highest BCUT2D eigenvalue weighted by Crippen LogP contribution is 2.31. The number of nitrogens with one attached hydrogen (secondary N) is 1. The number of carbonyl (C=O) groups excluding carboxylic acids is 1. The Morgan fingerprint density at radius 3 is 2.69 bits per heavy atom. The topological polar surface area (TPSA) is 91.6 Å². The molecular weight excluding hydrogens is 422 g/mol. The van der Waals surface area contributed by atoms with E-state index in [2.05, 4.69) is 26.6 Å². The number of anilines is 1. The molecule has 3 rings (SSSR count). The normalized spacial score (nSPS) is 11.6. The SMILES string of the molecule is CCSc1nnc(NC(=O)C(CC)Sc2nc(-c3ccccc3)ccc2C#N)s1. The second kappa shape index (κ2) is 10.4. The smallest absolute Gasteiger partial charge is 0.239 e. The van der Waals surface area contributed by atoms with E-state index in [0.29, 0.717) is 22.1 Å². The zero-order chi connectivity index (χ0) is 20.6. The summed E-state index contributed by atoms with van der Waals surface area (Å²) in [4.78, 5) is 17.4. The van der Waals surface area contributed by atoms with Crippen LogP contribution in [0.2, 0.25) is 0 Å². The molecule has 1 N–H and O–H groups in total. The molecule has 0 saturated carbocycles. The summed E-state index contributed by atoms with van der Waals surface area (Å²) in [5.74, 6) is 0.730. The molecule has 2 aromatic heterocycles. The monoisotopic (exact) mass is 441 g/mol. The van der Waals surface area contributed by atoms with Crippen LogP contribution in [-0.2, 0) is 4.79 Å². The minimum atomic E-state index is -0.396. The number of hydrogen-bond acceptors (Lipinski definition) is 8. The summed E-state index contributed by atoms with van der Waals surface area (Å²) in [5.41, 5.74) is 2.19. The van der Waals surface area contributed by atoms with Gasteiger partial charge in [-0.1, -0.05) is 79.0 Å². The third kappa shape index (κ3) is 5.56. The fourth-order valence-corrected chi connectivity index (χ4v) is 5.12. The van der Waals surface area contributed by atoms with Crippen LogP contribution < -0.4 is 5.32 Å². The standard InChI is InChI=1S/C20H19N5OS3/c1-3-16(17(26)23-19-24-25-20(29-19)27-4-2)28-18-14(12-21)10-11-15(22-18)13-8-6-5-7-9-13/h5-11,16H,3-4H2,1-2H3,(H,23,24,26). The van der Waals surface area contributed by atoms with E-state index in [9.17, 15) is 10.1 Å². The van der Waals surface area contributed by atoms with Crippen molar-refractivity contribution in [3.05, 3.63) is 48.0 Å². The largest absolute Gasteiger partial charge is 0.300 e. The summed E-state index contributed by atoms with van der Waals surface area (Å²) in [7, 11) is 0. The van der Waals surface area contributed by atoms with Crippen molar-refractivity contribution in [3.8, 4) is 17.3 Å². The van der Waals surface area contributed by atoms with Crippen LogP contribution in [0, 0.1) is 11.3 Å². The van der Waals surface area contributed by atoms with E-state index in [-0.39, 0.29) is 5.91 Å². The van der Waals surface area contributed by atoms with Crippen molar-refractivity contribution in [2.75, 3.05) is 11.1 Å². The van der Waals surface area contributed by atoms with Crippen LogP contribution in [0.5, 0.6) is 0 Å². The summed E-state index contributed by atoms with van der Waals surface area (Å²) in [6.07, 6.45) is 0.591. The maximum atomic E-state index is 12.8. The van der Waals surface area contributed by atoms with Gasteiger partial charge in [0.2, 0.25) is 11.0 Å². The lowest BCUT2D eigenvalue weighted by Crippen LogP contribution is -2.24. The first-order valence-electron chi connectivity index (χ1n) is 9.05. The third-order valence-electron chi connectivity index (χ3n) is 3.87. The highest BCUT2D eigenvalue weighted by atomic mass is 32.2. The summed E-state index contributed by atoms with van der Waals surface area (Å²) in [6, 6.07) is 15.5. The van der Waals surface area contributed by atoms with Crippen molar-refractivity contribution in [2.24, 2.45) is 0 Å². The van der Waals surface area contributed by atoms with Crippen molar-refractivity contribution in [1.82, 2.24) is 15.2 Å². The molecule has 1 amide bonds. The molecular formula is C20H19N5OS3. The lowest BCUT2D eigenvalue weighted by Gasteiger charge is -2.14. The van der Waals surface area contributed by atoms with Gasteiger partial charge in [0.1, 0.15) is 11.1 Å². The van der Waals surface area contributed by atoms with E-state index < -0.39 is 5.25 Å². The van der Waals surface area contributed by atoms with Gasteiger partial charge in [0, 0.05) is 5.56 Å². The predicted molar refractivity (Wildman–Crippen MR) is 119 cm³/mol.